The third-order valence-electron chi connectivity index (χ3n) is 2.93. The van der Waals surface area contributed by atoms with Crippen LogP contribution >= 0.6 is 0 Å². The fourth-order valence-corrected chi connectivity index (χ4v) is 1.99. The van der Waals surface area contributed by atoms with E-state index < -0.39 is 0 Å². The number of aromatic nitrogens is 3. The van der Waals surface area contributed by atoms with E-state index in [0.717, 1.165) is 11.0 Å². The monoisotopic (exact) mass is 188 g/mol. The summed E-state index contributed by atoms with van der Waals surface area (Å²) in [6.45, 7) is 2.10. The first kappa shape index (κ1) is 7.79. The van der Waals surface area contributed by atoms with E-state index in [1.54, 1.807) is 0 Å². The number of hydrogen-bond donors (Lipinski definition) is 2. The Morgan fingerprint density at radius 3 is 3.00 bits per heavy atom. The van der Waals surface area contributed by atoms with Crippen molar-refractivity contribution < 1.29 is 0 Å². The van der Waals surface area contributed by atoms with Crippen LogP contribution in [-0.2, 0) is 0 Å². The van der Waals surface area contributed by atoms with Gasteiger partial charge in [0.15, 0.2) is 11.5 Å². The van der Waals surface area contributed by atoms with Crippen LogP contribution in [0.2, 0.25) is 0 Å². The molecule has 2 aromatic heterocycles. The number of nitrogens with one attached hydrogen (secondary N) is 1. The van der Waals surface area contributed by atoms with Crippen molar-refractivity contribution in [2.75, 3.05) is 5.73 Å². The molecule has 14 heavy (non-hydrogen) atoms. The van der Waals surface area contributed by atoms with E-state index >= 15 is 0 Å². The summed E-state index contributed by atoms with van der Waals surface area (Å²) in [6.07, 6.45) is 4.52. The molecule has 0 unspecified atom stereocenters. The van der Waals surface area contributed by atoms with Gasteiger partial charge in [-0.05, 0) is 36.8 Å². The maximum Gasteiger partial charge on any atom is 0.157 e. The molecule has 0 aliphatic heterocycles. The predicted molar refractivity (Wildman–Crippen MR) is 55.0 cm³/mol. The van der Waals surface area contributed by atoms with Gasteiger partial charge in [0.2, 0.25) is 0 Å². The zero-order valence-corrected chi connectivity index (χ0v) is 8.04. The van der Waals surface area contributed by atoms with Gasteiger partial charge in [-0.3, -0.25) is 5.10 Å². The van der Waals surface area contributed by atoms with Crippen LogP contribution < -0.4 is 5.73 Å². The van der Waals surface area contributed by atoms with Crippen LogP contribution in [-0.4, -0.2) is 15.2 Å². The first-order valence-electron chi connectivity index (χ1n) is 4.86. The number of fused-ring (bicyclic) bond motifs is 1. The normalized spacial score (nSPS) is 16.4. The molecule has 0 spiro atoms. The lowest BCUT2D eigenvalue weighted by Gasteiger charge is -2.03. The quantitative estimate of drug-likeness (QED) is 0.716. The third kappa shape index (κ3) is 0.937. The lowest BCUT2D eigenvalue weighted by Crippen LogP contribution is -1.92. The third-order valence-corrected chi connectivity index (χ3v) is 2.93. The van der Waals surface area contributed by atoms with Crippen molar-refractivity contribution in [2.24, 2.45) is 0 Å². The van der Waals surface area contributed by atoms with E-state index in [-0.39, 0.29) is 0 Å². The smallest absolute Gasteiger partial charge is 0.157 e. The zero-order chi connectivity index (χ0) is 9.71. The van der Waals surface area contributed by atoms with Crippen LogP contribution in [0.25, 0.3) is 11.0 Å². The van der Waals surface area contributed by atoms with Gasteiger partial charge in [-0.25, -0.2) is 4.98 Å². The van der Waals surface area contributed by atoms with Crippen molar-refractivity contribution in [1.29, 1.82) is 0 Å². The summed E-state index contributed by atoms with van der Waals surface area (Å²) < 4.78 is 0. The van der Waals surface area contributed by atoms with Gasteiger partial charge in [0.1, 0.15) is 0 Å². The molecule has 0 saturated heterocycles. The molecule has 2 heterocycles. The number of aromatic amines is 1. The van der Waals surface area contributed by atoms with Crippen molar-refractivity contribution in [3.8, 4) is 0 Å². The maximum atomic E-state index is 5.78. The number of pyridine rings is 1. The van der Waals surface area contributed by atoms with E-state index in [1.165, 1.54) is 24.0 Å². The molecule has 0 amide bonds. The molecule has 1 fully saturated rings. The van der Waals surface area contributed by atoms with Gasteiger partial charge in [-0.2, -0.15) is 5.10 Å². The summed E-state index contributed by atoms with van der Waals surface area (Å²) in [5.41, 5.74) is 9.16. The van der Waals surface area contributed by atoms with Gasteiger partial charge in [-0.15, -0.1) is 0 Å². The Balaban J connectivity index is 2.33. The second-order valence-electron chi connectivity index (χ2n) is 3.95. The average molecular weight is 188 g/mol. The van der Waals surface area contributed by atoms with Crippen LogP contribution in [0.15, 0.2) is 6.20 Å². The highest BCUT2D eigenvalue weighted by molar-refractivity contribution is 5.89. The fourth-order valence-electron chi connectivity index (χ4n) is 1.99. The van der Waals surface area contributed by atoms with Crippen LogP contribution in [0, 0.1) is 6.92 Å². The molecule has 1 aliphatic carbocycles. The summed E-state index contributed by atoms with van der Waals surface area (Å²) >= 11 is 0. The highest BCUT2D eigenvalue weighted by Crippen LogP contribution is 2.42. The van der Waals surface area contributed by atoms with Crippen molar-refractivity contribution in [2.45, 2.75) is 25.7 Å². The molecule has 72 valence electrons. The Bertz CT molecular complexity index is 496. The van der Waals surface area contributed by atoms with Gasteiger partial charge in [0, 0.05) is 6.20 Å². The molecule has 0 bridgehead atoms. The first-order valence-corrected chi connectivity index (χ1v) is 4.86. The predicted octanol–water partition coefficient (Wildman–Crippen LogP) is 1.73. The standard InChI is InChI=1S/C10H12N4/c1-5-7(6-2-3-6)4-12-10-8(5)9(11)13-14-10/h4,6H,2-3H2,1H3,(H3,11,12,13,14). The Morgan fingerprint density at radius 1 is 1.50 bits per heavy atom. The highest BCUT2D eigenvalue weighted by atomic mass is 15.2. The van der Waals surface area contributed by atoms with Crippen LogP contribution in [0.5, 0.6) is 0 Å². The number of H-pyrrole nitrogens is 1. The van der Waals surface area contributed by atoms with Gasteiger partial charge in [0.25, 0.3) is 0 Å². The van der Waals surface area contributed by atoms with Gasteiger partial charge in [-0.1, -0.05) is 0 Å². The van der Waals surface area contributed by atoms with E-state index in [0.29, 0.717) is 11.7 Å². The molecule has 0 radical (unpaired) electrons. The molecule has 4 heteroatoms. The van der Waals surface area contributed by atoms with Crippen molar-refractivity contribution in [1.82, 2.24) is 15.2 Å². The molecule has 0 aromatic carbocycles. The fraction of sp³-hybridized carbons (Fsp3) is 0.400. The summed E-state index contributed by atoms with van der Waals surface area (Å²) in [4.78, 5) is 4.33. The first-order chi connectivity index (χ1) is 6.77. The second kappa shape index (κ2) is 2.47. The van der Waals surface area contributed by atoms with E-state index in [1.807, 2.05) is 6.20 Å². The van der Waals surface area contributed by atoms with Crippen molar-refractivity contribution in [3.63, 3.8) is 0 Å². The van der Waals surface area contributed by atoms with Gasteiger partial charge >= 0.3 is 0 Å². The summed E-state index contributed by atoms with van der Waals surface area (Å²) in [5.74, 6) is 1.27. The Kier molecular flexibility index (Phi) is 1.37. The molecular weight excluding hydrogens is 176 g/mol. The van der Waals surface area contributed by atoms with E-state index in [4.69, 9.17) is 5.73 Å². The summed E-state index contributed by atoms with van der Waals surface area (Å²) in [5, 5.41) is 7.79. The molecule has 3 rings (SSSR count). The van der Waals surface area contributed by atoms with Crippen LogP contribution in [0.4, 0.5) is 5.82 Å². The Labute approximate surface area is 81.5 Å². The molecular formula is C10H12N4. The average Bonchev–Trinajstić information content (AvgIpc) is 2.92. The number of nitrogens with zero attached hydrogens (tertiary/aromatic N) is 2. The molecule has 1 saturated carbocycles. The number of rotatable bonds is 1. The second-order valence-corrected chi connectivity index (χ2v) is 3.95. The zero-order valence-electron chi connectivity index (χ0n) is 8.04. The lowest BCUT2D eigenvalue weighted by molar-refractivity contribution is 1.07. The molecule has 0 atom stereocenters. The number of nitrogen functional groups attached to an aromatic ring is 1. The van der Waals surface area contributed by atoms with E-state index in [2.05, 4.69) is 22.1 Å². The Hall–Kier alpha value is -1.58. The number of anilines is 1. The SMILES string of the molecule is Cc1c(C2CC2)cnc2[nH]nc(N)c12. The molecule has 4 nitrogen and oxygen atoms in total. The molecule has 3 N–H and O–H groups in total. The van der Waals surface area contributed by atoms with E-state index in [9.17, 15) is 0 Å². The van der Waals surface area contributed by atoms with Gasteiger partial charge < -0.3 is 5.73 Å². The summed E-state index contributed by atoms with van der Waals surface area (Å²) in [7, 11) is 0. The summed E-state index contributed by atoms with van der Waals surface area (Å²) in [6, 6.07) is 0. The number of aryl methyl sites for hydroxylation is 1. The van der Waals surface area contributed by atoms with Crippen molar-refractivity contribution >= 4 is 16.9 Å². The maximum absolute atomic E-state index is 5.78. The topological polar surface area (TPSA) is 67.6 Å². The highest BCUT2D eigenvalue weighted by Gasteiger charge is 2.26. The largest absolute Gasteiger partial charge is 0.382 e. The Morgan fingerprint density at radius 2 is 2.29 bits per heavy atom. The lowest BCUT2D eigenvalue weighted by atomic mass is 10.0. The number of hydrogen-bond acceptors (Lipinski definition) is 3. The van der Waals surface area contributed by atoms with Crippen LogP contribution in [0.1, 0.15) is 29.9 Å². The number of nitrogens with two attached hydrogens (primary N) is 1. The van der Waals surface area contributed by atoms with Crippen molar-refractivity contribution in [3.05, 3.63) is 17.3 Å². The minimum absolute atomic E-state index is 0.563. The van der Waals surface area contributed by atoms with Crippen LogP contribution in [0.3, 0.4) is 0 Å². The van der Waals surface area contributed by atoms with Gasteiger partial charge in [0.05, 0.1) is 5.39 Å². The minimum Gasteiger partial charge on any atom is -0.382 e. The molecule has 1 aliphatic rings. The minimum atomic E-state index is 0.563. The molecule has 2 aromatic rings.